The van der Waals surface area contributed by atoms with Crippen LogP contribution in [-0.2, 0) is 14.8 Å². The molecule has 0 aliphatic rings. The zero-order chi connectivity index (χ0) is 20.9. The number of carbonyl (C=O) groups excluding carboxylic acids is 1. The van der Waals surface area contributed by atoms with E-state index in [0.29, 0.717) is 22.8 Å². The van der Waals surface area contributed by atoms with Gasteiger partial charge in [-0.3, -0.25) is 9.52 Å². The number of benzene rings is 2. The van der Waals surface area contributed by atoms with E-state index in [-0.39, 0.29) is 23.1 Å². The summed E-state index contributed by atoms with van der Waals surface area (Å²) in [4.78, 5) is 13.1. The highest BCUT2D eigenvalue weighted by molar-refractivity contribution is 7.92. The summed E-state index contributed by atoms with van der Waals surface area (Å²) in [5.41, 5.74) is 0.850. The molecule has 0 unspecified atom stereocenters. The van der Waals surface area contributed by atoms with Crippen molar-refractivity contribution in [1.29, 1.82) is 0 Å². The van der Waals surface area contributed by atoms with E-state index < -0.39 is 10.0 Å². The van der Waals surface area contributed by atoms with Crippen LogP contribution in [0.1, 0.15) is 5.56 Å². The van der Waals surface area contributed by atoms with Crippen LogP contribution in [0.15, 0.2) is 41.3 Å². The minimum absolute atomic E-state index is 0.0566. The molecule has 0 aromatic heterocycles. The van der Waals surface area contributed by atoms with Crippen LogP contribution >= 0.6 is 0 Å². The molecule has 9 heteroatoms. The van der Waals surface area contributed by atoms with Crippen molar-refractivity contribution >= 4 is 21.6 Å². The number of aryl methyl sites for hydroxylation is 1. The first-order valence-electron chi connectivity index (χ1n) is 8.36. The number of methoxy groups -OCH3 is 2. The second kappa shape index (κ2) is 8.83. The molecule has 0 saturated heterocycles. The summed E-state index contributed by atoms with van der Waals surface area (Å²) < 4.78 is 43.9. The predicted molar refractivity (Wildman–Crippen MR) is 106 cm³/mol. The molecule has 0 radical (unpaired) electrons. The molecule has 0 saturated carbocycles. The molecule has 1 amide bonds. The standard InChI is InChI=1S/C19H24N2O6S/c1-13-10-15(7-9-17(13)27-12-19(22)21(2)3)28(23,24)20-16-11-14(25-4)6-8-18(16)26-5/h6-11,20H,12H2,1-5H3. The Balaban J connectivity index is 2.25. The zero-order valence-electron chi connectivity index (χ0n) is 16.5. The number of amides is 1. The maximum Gasteiger partial charge on any atom is 0.262 e. The highest BCUT2D eigenvalue weighted by atomic mass is 32.2. The second-order valence-corrected chi connectivity index (χ2v) is 7.86. The first kappa shape index (κ1) is 21.4. The summed E-state index contributed by atoms with van der Waals surface area (Å²) in [6.45, 7) is 1.58. The molecule has 0 heterocycles. The number of hydrogen-bond donors (Lipinski definition) is 1. The van der Waals surface area contributed by atoms with Crippen molar-refractivity contribution < 1.29 is 27.4 Å². The van der Waals surface area contributed by atoms with Gasteiger partial charge in [0.2, 0.25) is 0 Å². The van der Waals surface area contributed by atoms with E-state index in [4.69, 9.17) is 14.2 Å². The van der Waals surface area contributed by atoms with Crippen molar-refractivity contribution in [2.24, 2.45) is 0 Å². The van der Waals surface area contributed by atoms with Crippen LogP contribution in [-0.4, -0.2) is 54.1 Å². The number of nitrogens with one attached hydrogen (secondary N) is 1. The molecule has 0 fully saturated rings. The van der Waals surface area contributed by atoms with E-state index in [2.05, 4.69) is 4.72 Å². The van der Waals surface area contributed by atoms with Gasteiger partial charge in [0.1, 0.15) is 17.2 Å². The van der Waals surface area contributed by atoms with Gasteiger partial charge in [-0.2, -0.15) is 0 Å². The quantitative estimate of drug-likeness (QED) is 0.720. The molecular formula is C19H24N2O6S. The van der Waals surface area contributed by atoms with Crippen molar-refractivity contribution in [2.45, 2.75) is 11.8 Å². The highest BCUT2D eigenvalue weighted by Gasteiger charge is 2.19. The van der Waals surface area contributed by atoms with E-state index in [9.17, 15) is 13.2 Å². The van der Waals surface area contributed by atoms with E-state index in [1.807, 2.05) is 0 Å². The van der Waals surface area contributed by atoms with Gasteiger partial charge in [0.05, 0.1) is 24.8 Å². The molecule has 0 atom stereocenters. The lowest BCUT2D eigenvalue weighted by Gasteiger charge is -2.15. The van der Waals surface area contributed by atoms with Gasteiger partial charge in [0.25, 0.3) is 15.9 Å². The monoisotopic (exact) mass is 408 g/mol. The van der Waals surface area contributed by atoms with Gasteiger partial charge in [-0.05, 0) is 42.8 Å². The maximum absolute atomic E-state index is 12.8. The highest BCUT2D eigenvalue weighted by Crippen LogP contribution is 2.31. The molecule has 0 spiro atoms. The first-order valence-corrected chi connectivity index (χ1v) is 9.84. The van der Waals surface area contributed by atoms with E-state index in [0.717, 1.165) is 0 Å². The molecule has 0 bridgehead atoms. The average Bonchev–Trinajstić information content (AvgIpc) is 2.66. The van der Waals surface area contributed by atoms with Gasteiger partial charge < -0.3 is 19.1 Å². The van der Waals surface area contributed by atoms with E-state index in [1.165, 1.54) is 43.4 Å². The topological polar surface area (TPSA) is 94.2 Å². The number of likely N-dealkylation sites (N-methyl/N-ethyl adjacent to an activating group) is 1. The van der Waals surface area contributed by atoms with Crippen LogP contribution in [0.4, 0.5) is 5.69 Å². The van der Waals surface area contributed by atoms with E-state index in [1.54, 1.807) is 33.2 Å². The minimum Gasteiger partial charge on any atom is -0.497 e. The van der Waals surface area contributed by atoms with E-state index >= 15 is 0 Å². The predicted octanol–water partition coefficient (Wildman–Crippen LogP) is 2.28. The number of ether oxygens (including phenoxy) is 3. The number of anilines is 1. The van der Waals surface area contributed by atoms with Crippen LogP contribution in [0.3, 0.4) is 0 Å². The number of sulfonamides is 1. The van der Waals surface area contributed by atoms with Gasteiger partial charge in [0.15, 0.2) is 6.61 Å². The summed E-state index contributed by atoms with van der Waals surface area (Å²) in [5.74, 6) is 1.10. The fraction of sp³-hybridized carbons (Fsp3) is 0.316. The van der Waals surface area contributed by atoms with Gasteiger partial charge in [-0.1, -0.05) is 0 Å². The molecule has 0 aliphatic carbocycles. The molecule has 0 aliphatic heterocycles. The Morgan fingerprint density at radius 1 is 1.04 bits per heavy atom. The lowest BCUT2D eigenvalue weighted by molar-refractivity contribution is -0.130. The molecule has 8 nitrogen and oxygen atoms in total. The number of hydrogen-bond acceptors (Lipinski definition) is 6. The fourth-order valence-corrected chi connectivity index (χ4v) is 3.46. The van der Waals surface area contributed by atoms with Crippen LogP contribution in [0.25, 0.3) is 0 Å². The van der Waals surface area contributed by atoms with Crippen LogP contribution in [0.5, 0.6) is 17.2 Å². The second-order valence-electron chi connectivity index (χ2n) is 6.18. The smallest absolute Gasteiger partial charge is 0.262 e. The molecule has 2 aromatic rings. The third-order valence-corrected chi connectivity index (χ3v) is 5.32. The Morgan fingerprint density at radius 2 is 1.71 bits per heavy atom. The Labute approximate surface area is 165 Å². The lowest BCUT2D eigenvalue weighted by atomic mass is 10.2. The molecule has 28 heavy (non-hydrogen) atoms. The summed E-state index contributed by atoms with van der Waals surface area (Å²) in [6.07, 6.45) is 0. The molecule has 2 rings (SSSR count). The third-order valence-electron chi connectivity index (χ3n) is 3.96. The Hall–Kier alpha value is -2.94. The summed E-state index contributed by atoms with van der Waals surface area (Å²) in [6, 6.07) is 9.23. The van der Waals surface area contributed by atoms with Crippen molar-refractivity contribution in [2.75, 3.05) is 39.6 Å². The number of carbonyl (C=O) groups is 1. The third kappa shape index (κ3) is 5.07. The fourth-order valence-electron chi connectivity index (χ4n) is 2.32. The normalized spacial score (nSPS) is 10.9. The van der Waals surface area contributed by atoms with Gasteiger partial charge >= 0.3 is 0 Å². The van der Waals surface area contributed by atoms with Gasteiger partial charge in [0, 0.05) is 20.2 Å². The van der Waals surface area contributed by atoms with Gasteiger partial charge in [-0.25, -0.2) is 8.42 Å². The SMILES string of the molecule is COc1ccc(OC)c(NS(=O)(=O)c2ccc(OCC(=O)N(C)C)c(C)c2)c1. The Bertz CT molecular complexity index is 957. The molecule has 2 aromatic carbocycles. The van der Waals surface area contributed by atoms with Crippen molar-refractivity contribution in [1.82, 2.24) is 4.90 Å². The molecule has 1 N–H and O–H groups in total. The summed E-state index contributed by atoms with van der Waals surface area (Å²) >= 11 is 0. The lowest BCUT2D eigenvalue weighted by Crippen LogP contribution is -2.27. The molecule has 152 valence electrons. The zero-order valence-corrected chi connectivity index (χ0v) is 17.3. The minimum atomic E-state index is -3.87. The maximum atomic E-state index is 12.8. The molecular weight excluding hydrogens is 384 g/mol. The van der Waals surface area contributed by atoms with Crippen molar-refractivity contribution in [3.05, 3.63) is 42.0 Å². The Morgan fingerprint density at radius 3 is 2.29 bits per heavy atom. The number of nitrogens with zero attached hydrogens (tertiary/aromatic N) is 1. The summed E-state index contributed by atoms with van der Waals surface area (Å²) in [5, 5.41) is 0. The van der Waals surface area contributed by atoms with Crippen molar-refractivity contribution in [3.63, 3.8) is 0 Å². The van der Waals surface area contributed by atoms with Gasteiger partial charge in [-0.15, -0.1) is 0 Å². The van der Waals surface area contributed by atoms with Crippen LogP contribution < -0.4 is 18.9 Å². The largest absolute Gasteiger partial charge is 0.497 e. The van der Waals surface area contributed by atoms with Crippen LogP contribution in [0.2, 0.25) is 0 Å². The number of rotatable bonds is 8. The van der Waals surface area contributed by atoms with Crippen molar-refractivity contribution in [3.8, 4) is 17.2 Å². The summed E-state index contributed by atoms with van der Waals surface area (Å²) in [7, 11) is 2.33. The van der Waals surface area contributed by atoms with Crippen LogP contribution in [0, 0.1) is 6.92 Å². The Kier molecular flexibility index (Phi) is 6.74. The first-order chi connectivity index (χ1) is 13.2. The average molecular weight is 408 g/mol.